The van der Waals surface area contributed by atoms with E-state index >= 15 is 0 Å². The third-order valence-electron chi connectivity index (χ3n) is 2.98. The molecule has 0 saturated heterocycles. The molecule has 21 heavy (non-hydrogen) atoms. The number of ether oxygens (including phenoxy) is 1. The maximum Gasteiger partial charge on any atom is 0.229 e. The average molecular weight is 305 g/mol. The van der Waals surface area contributed by atoms with Crippen molar-refractivity contribution in [2.75, 3.05) is 17.7 Å². The molecule has 1 aromatic heterocycles. The molecule has 112 valence electrons. The van der Waals surface area contributed by atoms with Gasteiger partial charge < -0.3 is 15.8 Å². The van der Waals surface area contributed by atoms with Gasteiger partial charge in [-0.05, 0) is 25.5 Å². The molecule has 1 heterocycles. The smallest absolute Gasteiger partial charge is 0.229 e. The molecular formula is C15H19N3O2S. The lowest BCUT2D eigenvalue weighted by molar-refractivity contribution is -0.116. The predicted octanol–water partition coefficient (Wildman–Crippen LogP) is 3.00. The first-order valence-corrected chi connectivity index (χ1v) is 7.65. The summed E-state index contributed by atoms with van der Waals surface area (Å²) in [6, 6.07) is 7.23. The summed E-state index contributed by atoms with van der Waals surface area (Å²) in [6.07, 6.45) is 1.13. The van der Waals surface area contributed by atoms with Crippen molar-refractivity contribution >= 4 is 28.1 Å². The van der Waals surface area contributed by atoms with E-state index in [1.807, 2.05) is 26.0 Å². The molecule has 0 atom stereocenters. The fourth-order valence-corrected chi connectivity index (χ4v) is 2.78. The van der Waals surface area contributed by atoms with E-state index in [0.29, 0.717) is 16.6 Å². The zero-order valence-corrected chi connectivity index (χ0v) is 13.0. The van der Waals surface area contributed by atoms with Crippen LogP contribution in [0.4, 0.5) is 10.8 Å². The van der Waals surface area contributed by atoms with Gasteiger partial charge in [0.05, 0.1) is 24.4 Å². The molecule has 0 saturated carbocycles. The van der Waals surface area contributed by atoms with Crippen LogP contribution in [0.1, 0.15) is 23.9 Å². The minimum Gasteiger partial charge on any atom is -0.491 e. The summed E-state index contributed by atoms with van der Waals surface area (Å²) in [6.45, 7) is 4.34. The highest BCUT2D eigenvalue weighted by molar-refractivity contribution is 7.15. The molecule has 1 aromatic carbocycles. The number of nitrogens with two attached hydrogens (primary N) is 1. The molecule has 0 radical (unpaired) electrons. The van der Waals surface area contributed by atoms with Gasteiger partial charge in [-0.2, -0.15) is 0 Å². The Morgan fingerprint density at radius 2 is 2.19 bits per heavy atom. The Kier molecular flexibility index (Phi) is 5.16. The Balaban J connectivity index is 1.81. The van der Waals surface area contributed by atoms with Crippen LogP contribution in [0.15, 0.2) is 24.3 Å². The molecule has 5 nitrogen and oxygen atoms in total. The number of thiazole rings is 1. The van der Waals surface area contributed by atoms with Crippen LogP contribution in [0.3, 0.4) is 0 Å². The van der Waals surface area contributed by atoms with Gasteiger partial charge in [0.1, 0.15) is 5.75 Å². The van der Waals surface area contributed by atoms with Gasteiger partial charge >= 0.3 is 0 Å². The second-order valence-corrected chi connectivity index (χ2v) is 5.76. The van der Waals surface area contributed by atoms with Gasteiger partial charge in [-0.25, -0.2) is 4.98 Å². The first-order chi connectivity index (χ1) is 10.1. The standard InChI is InChI=1S/C15H19N3O2S/c1-3-12-10(2)21-15(17-12)18-14(19)8-9-20-13-7-5-4-6-11(13)16/h4-7H,3,8-9,16H2,1-2H3,(H,17,18,19). The lowest BCUT2D eigenvalue weighted by Crippen LogP contribution is -2.15. The van der Waals surface area contributed by atoms with Crippen molar-refractivity contribution in [1.29, 1.82) is 0 Å². The number of amides is 1. The number of benzene rings is 1. The second kappa shape index (κ2) is 7.08. The number of nitrogens with one attached hydrogen (secondary N) is 1. The molecule has 0 fully saturated rings. The molecular weight excluding hydrogens is 286 g/mol. The number of para-hydroxylation sites is 2. The lowest BCUT2D eigenvalue weighted by atomic mass is 10.3. The predicted molar refractivity (Wildman–Crippen MR) is 85.8 cm³/mol. The SMILES string of the molecule is CCc1nc(NC(=O)CCOc2ccccc2N)sc1C. The highest BCUT2D eigenvalue weighted by Gasteiger charge is 2.09. The maximum atomic E-state index is 11.8. The van der Waals surface area contributed by atoms with E-state index in [1.165, 1.54) is 11.3 Å². The molecule has 0 aliphatic rings. The number of carbonyl (C=O) groups is 1. The molecule has 2 aromatic rings. The topological polar surface area (TPSA) is 77.2 Å². The van der Waals surface area contributed by atoms with Gasteiger partial charge in [-0.3, -0.25) is 4.79 Å². The quantitative estimate of drug-likeness (QED) is 0.804. The number of nitrogen functional groups attached to an aromatic ring is 1. The monoisotopic (exact) mass is 305 g/mol. The maximum absolute atomic E-state index is 11.8. The zero-order valence-electron chi connectivity index (χ0n) is 12.2. The normalized spacial score (nSPS) is 10.4. The van der Waals surface area contributed by atoms with Crippen LogP contribution in [-0.4, -0.2) is 17.5 Å². The van der Waals surface area contributed by atoms with Gasteiger partial charge in [0.25, 0.3) is 0 Å². The average Bonchev–Trinajstić information content (AvgIpc) is 2.80. The molecule has 0 bridgehead atoms. The van der Waals surface area contributed by atoms with Crippen LogP contribution in [0.5, 0.6) is 5.75 Å². The zero-order chi connectivity index (χ0) is 15.2. The van der Waals surface area contributed by atoms with Crippen molar-refractivity contribution in [1.82, 2.24) is 4.98 Å². The third-order valence-corrected chi connectivity index (χ3v) is 3.91. The summed E-state index contributed by atoms with van der Waals surface area (Å²) in [5.41, 5.74) is 7.36. The number of aromatic nitrogens is 1. The van der Waals surface area contributed by atoms with E-state index in [-0.39, 0.29) is 18.9 Å². The van der Waals surface area contributed by atoms with Crippen LogP contribution in [-0.2, 0) is 11.2 Å². The number of aryl methyl sites for hydroxylation is 2. The van der Waals surface area contributed by atoms with E-state index in [1.54, 1.807) is 12.1 Å². The van der Waals surface area contributed by atoms with Crippen molar-refractivity contribution in [3.8, 4) is 5.75 Å². The molecule has 3 N–H and O–H groups in total. The number of nitrogens with zero attached hydrogens (tertiary/aromatic N) is 1. The summed E-state index contributed by atoms with van der Waals surface area (Å²) in [5.74, 6) is 0.490. The van der Waals surface area contributed by atoms with Crippen LogP contribution in [0.2, 0.25) is 0 Å². The summed E-state index contributed by atoms with van der Waals surface area (Å²) in [5, 5.41) is 3.44. The number of hydrogen-bond acceptors (Lipinski definition) is 5. The van der Waals surface area contributed by atoms with Gasteiger partial charge in [-0.1, -0.05) is 19.1 Å². The molecule has 0 aliphatic carbocycles. The summed E-state index contributed by atoms with van der Waals surface area (Å²) in [7, 11) is 0. The summed E-state index contributed by atoms with van der Waals surface area (Å²) in [4.78, 5) is 17.4. The van der Waals surface area contributed by atoms with E-state index in [9.17, 15) is 4.79 Å². The largest absolute Gasteiger partial charge is 0.491 e. The van der Waals surface area contributed by atoms with E-state index in [2.05, 4.69) is 10.3 Å². The van der Waals surface area contributed by atoms with Crippen molar-refractivity contribution < 1.29 is 9.53 Å². The van der Waals surface area contributed by atoms with Crippen LogP contribution >= 0.6 is 11.3 Å². The molecule has 2 rings (SSSR count). The second-order valence-electron chi connectivity index (χ2n) is 4.56. The summed E-state index contributed by atoms with van der Waals surface area (Å²) < 4.78 is 5.49. The first-order valence-electron chi connectivity index (χ1n) is 6.83. The van der Waals surface area contributed by atoms with E-state index in [0.717, 1.165) is 17.0 Å². The van der Waals surface area contributed by atoms with Crippen LogP contribution in [0, 0.1) is 6.92 Å². The van der Waals surface area contributed by atoms with Crippen molar-refractivity contribution in [2.45, 2.75) is 26.7 Å². The van der Waals surface area contributed by atoms with Crippen molar-refractivity contribution in [2.24, 2.45) is 0 Å². The van der Waals surface area contributed by atoms with Crippen molar-refractivity contribution in [3.63, 3.8) is 0 Å². The van der Waals surface area contributed by atoms with E-state index in [4.69, 9.17) is 10.5 Å². The minimum atomic E-state index is -0.110. The summed E-state index contributed by atoms with van der Waals surface area (Å²) >= 11 is 1.50. The lowest BCUT2D eigenvalue weighted by Gasteiger charge is -2.08. The van der Waals surface area contributed by atoms with Crippen molar-refractivity contribution in [3.05, 3.63) is 34.8 Å². The number of carbonyl (C=O) groups excluding carboxylic acids is 1. The molecule has 1 amide bonds. The van der Waals surface area contributed by atoms with Crippen LogP contribution < -0.4 is 15.8 Å². The molecule has 0 unspecified atom stereocenters. The number of anilines is 2. The fourth-order valence-electron chi connectivity index (χ4n) is 1.86. The van der Waals surface area contributed by atoms with Gasteiger partial charge in [-0.15, -0.1) is 11.3 Å². The highest BCUT2D eigenvalue weighted by atomic mass is 32.1. The highest BCUT2D eigenvalue weighted by Crippen LogP contribution is 2.23. The Hall–Kier alpha value is -2.08. The fraction of sp³-hybridized carbons (Fsp3) is 0.333. The number of hydrogen-bond donors (Lipinski definition) is 2. The first kappa shape index (κ1) is 15.3. The van der Waals surface area contributed by atoms with Gasteiger partial charge in [0, 0.05) is 4.88 Å². The van der Waals surface area contributed by atoms with E-state index < -0.39 is 0 Å². The number of rotatable bonds is 6. The molecule has 0 aliphatic heterocycles. The van der Waals surface area contributed by atoms with Gasteiger partial charge in [0.15, 0.2) is 5.13 Å². The molecule has 6 heteroatoms. The Labute approximate surface area is 128 Å². The van der Waals surface area contributed by atoms with Gasteiger partial charge in [0.2, 0.25) is 5.91 Å². The minimum absolute atomic E-state index is 0.110. The molecule has 0 spiro atoms. The Morgan fingerprint density at radius 1 is 1.43 bits per heavy atom. The Bertz CT molecular complexity index is 625. The van der Waals surface area contributed by atoms with Crippen LogP contribution in [0.25, 0.3) is 0 Å². The Morgan fingerprint density at radius 3 is 2.86 bits per heavy atom. The third kappa shape index (κ3) is 4.19.